The number of carbonyl (C=O) groups is 1. The average molecular weight is 360 g/mol. The third kappa shape index (κ3) is 4.70. The Hall–Kier alpha value is -3.21. The van der Waals surface area contributed by atoms with Gasteiger partial charge in [0.1, 0.15) is 0 Å². The van der Waals surface area contributed by atoms with Crippen LogP contribution < -0.4 is 10.2 Å². The fourth-order valence-corrected chi connectivity index (χ4v) is 2.81. The highest BCUT2D eigenvalue weighted by molar-refractivity contribution is 6.05. The Morgan fingerprint density at radius 3 is 2.33 bits per heavy atom. The zero-order valence-electron chi connectivity index (χ0n) is 15.9. The largest absolute Gasteiger partial charge is 0.350 e. The average Bonchev–Trinajstić information content (AvgIpc) is 2.68. The number of aryl methyl sites for hydroxylation is 2. The maximum atomic E-state index is 12.8. The fourth-order valence-electron chi connectivity index (χ4n) is 2.81. The van der Waals surface area contributed by atoms with E-state index in [0.29, 0.717) is 24.6 Å². The standard InChI is InChI=1S/C22H24N4O/c1-4-26(20-7-5-6-17(3)12-20)21(27)19-14-24-22(25-15-19)23-13-18-10-8-16(2)9-11-18/h5-12,14-15H,4,13H2,1-3H3,(H,23,24,25). The number of nitrogens with zero attached hydrogens (tertiary/aromatic N) is 3. The Morgan fingerprint density at radius 1 is 1.00 bits per heavy atom. The van der Waals surface area contributed by atoms with Crippen LogP contribution in [0.2, 0.25) is 0 Å². The third-order valence-electron chi connectivity index (χ3n) is 4.34. The van der Waals surface area contributed by atoms with E-state index >= 15 is 0 Å². The van der Waals surface area contributed by atoms with E-state index in [1.54, 1.807) is 17.3 Å². The van der Waals surface area contributed by atoms with Gasteiger partial charge in [0, 0.05) is 31.2 Å². The van der Waals surface area contributed by atoms with Gasteiger partial charge in [-0.15, -0.1) is 0 Å². The molecule has 0 saturated heterocycles. The first-order chi connectivity index (χ1) is 13.1. The zero-order valence-corrected chi connectivity index (χ0v) is 15.9. The molecule has 138 valence electrons. The number of benzene rings is 2. The van der Waals surface area contributed by atoms with Gasteiger partial charge in [-0.1, -0.05) is 42.0 Å². The number of amides is 1. The van der Waals surface area contributed by atoms with Gasteiger partial charge in [0.05, 0.1) is 5.56 Å². The lowest BCUT2D eigenvalue weighted by Crippen LogP contribution is -2.30. The molecule has 0 fully saturated rings. The maximum absolute atomic E-state index is 12.8. The van der Waals surface area contributed by atoms with Gasteiger partial charge < -0.3 is 10.2 Å². The summed E-state index contributed by atoms with van der Waals surface area (Å²) in [4.78, 5) is 23.1. The van der Waals surface area contributed by atoms with Crippen LogP contribution in [0.15, 0.2) is 60.9 Å². The molecule has 27 heavy (non-hydrogen) atoms. The summed E-state index contributed by atoms with van der Waals surface area (Å²) in [6, 6.07) is 16.2. The number of hydrogen-bond donors (Lipinski definition) is 1. The van der Waals surface area contributed by atoms with E-state index in [1.165, 1.54) is 5.56 Å². The van der Waals surface area contributed by atoms with Crippen molar-refractivity contribution < 1.29 is 4.79 Å². The molecule has 3 aromatic rings. The molecule has 0 atom stereocenters. The quantitative estimate of drug-likeness (QED) is 0.709. The summed E-state index contributed by atoms with van der Waals surface area (Å²) in [6.07, 6.45) is 3.15. The van der Waals surface area contributed by atoms with Crippen molar-refractivity contribution in [3.8, 4) is 0 Å². The first-order valence-corrected chi connectivity index (χ1v) is 9.07. The van der Waals surface area contributed by atoms with E-state index in [-0.39, 0.29) is 5.91 Å². The van der Waals surface area contributed by atoms with Crippen LogP contribution in [0.5, 0.6) is 0 Å². The van der Waals surface area contributed by atoms with Gasteiger partial charge in [-0.3, -0.25) is 4.79 Å². The Labute approximate surface area is 160 Å². The van der Waals surface area contributed by atoms with Crippen LogP contribution in [0.3, 0.4) is 0 Å². The smallest absolute Gasteiger partial charge is 0.261 e. The molecule has 0 radical (unpaired) electrons. The van der Waals surface area contributed by atoms with Gasteiger partial charge in [-0.25, -0.2) is 9.97 Å². The molecule has 0 aliphatic carbocycles. The van der Waals surface area contributed by atoms with Crippen molar-refractivity contribution in [1.29, 1.82) is 0 Å². The number of rotatable bonds is 6. The lowest BCUT2D eigenvalue weighted by Gasteiger charge is -2.21. The van der Waals surface area contributed by atoms with Crippen LogP contribution in [-0.2, 0) is 6.54 Å². The molecule has 5 nitrogen and oxygen atoms in total. The molecule has 0 spiro atoms. The minimum atomic E-state index is -0.104. The first kappa shape index (κ1) is 18.6. The number of hydrogen-bond acceptors (Lipinski definition) is 4. The van der Waals surface area contributed by atoms with Gasteiger partial charge in [-0.05, 0) is 44.0 Å². The lowest BCUT2D eigenvalue weighted by atomic mass is 10.1. The van der Waals surface area contributed by atoms with Crippen LogP contribution >= 0.6 is 0 Å². The summed E-state index contributed by atoms with van der Waals surface area (Å²) in [5.74, 6) is 0.402. The molecule has 0 unspecified atom stereocenters. The van der Waals surface area contributed by atoms with Gasteiger partial charge >= 0.3 is 0 Å². The molecule has 2 aromatic carbocycles. The molecule has 0 aliphatic heterocycles. The number of aromatic nitrogens is 2. The lowest BCUT2D eigenvalue weighted by molar-refractivity contribution is 0.0987. The monoisotopic (exact) mass is 360 g/mol. The van der Waals surface area contributed by atoms with Crippen molar-refractivity contribution in [2.75, 3.05) is 16.8 Å². The maximum Gasteiger partial charge on any atom is 0.261 e. The molecular weight excluding hydrogens is 336 g/mol. The van der Waals surface area contributed by atoms with Crippen LogP contribution in [0.4, 0.5) is 11.6 Å². The molecule has 1 N–H and O–H groups in total. The Morgan fingerprint density at radius 2 is 1.70 bits per heavy atom. The van der Waals surface area contributed by atoms with Gasteiger partial charge in [-0.2, -0.15) is 0 Å². The predicted octanol–water partition coefficient (Wildman–Crippen LogP) is 4.37. The SMILES string of the molecule is CCN(C(=O)c1cnc(NCc2ccc(C)cc2)nc1)c1cccc(C)c1. The summed E-state index contributed by atoms with van der Waals surface area (Å²) in [7, 11) is 0. The van der Waals surface area contributed by atoms with Crippen molar-refractivity contribution in [2.45, 2.75) is 27.3 Å². The minimum absolute atomic E-state index is 0.104. The molecule has 0 bridgehead atoms. The number of anilines is 2. The summed E-state index contributed by atoms with van der Waals surface area (Å²) in [6.45, 7) is 7.25. The van der Waals surface area contributed by atoms with E-state index < -0.39 is 0 Å². The molecule has 0 saturated carbocycles. The molecule has 1 aromatic heterocycles. The van der Waals surface area contributed by atoms with E-state index in [2.05, 4.69) is 46.5 Å². The first-order valence-electron chi connectivity index (χ1n) is 9.07. The summed E-state index contributed by atoms with van der Waals surface area (Å²) < 4.78 is 0. The van der Waals surface area contributed by atoms with Crippen molar-refractivity contribution in [2.24, 2.45) is 0 Å². The van der Waals surface area contributed by atoms with Crippen molar-refractivity contribution in [1.82, 2.24) is 9.97 Å². The second kappa shape index (κ2) is 8.45. The minimum Gasteiger partial charge on any atom is -0.350 e. The molecule has 5 heteroatoms. The highest BCUT2D eigenvalue weighted by Crippen LogP contribution is 2.18. The highest BCUT2D eigenvalue weighted by atomic mass is 16.2. The molecule has 0 aliphatic rings. The summed E-state index contributed by atoms with van der Waals surface area (Å²) >= 11 is 0. The number of carbonyl (C=O) groups excluding carboxylic acids is 1. The van der Waals surface area contributed by atoms with Crippen molar-refractivity contribution >= 4 is 17.5 Å². The summed E-state index contributed by atoms with van der Waals surface area (Å²) in [5.41, 5.74) is 4.85. The molecule has 1 heterocycles. The number of nitrogens with one attached hydrogen (secondary N) is 1. The predicted molar refractivity (Wildman–Crippen MR) is 109 cm³/mol. The van der Waals surface area contributed by atoms with E-state index in [1.807, 2.05) is 38.1 Å². The van der Waals surface area contributed by atoms with E-state index in [9.17, 15) is 4.79 Å². The topological polar surface area (TPSA) is 58.1 Å². The van der Waals surface area contributed by atoms with Gasteiger partial charge in [0.25, 0.3) is 5.91 Å². The second-order valence-electron chi connectivity index (χ2n) is 6.52. The van der Waals surface area contributed by atoms with Crippen LogP contribution in [0.1, 0.15) is 34.0 Å². The second-order valence-corrected chi connectivity index (χ2v) is 6.52. The zero-order chi connectivity index (χ0) is 19.2. The van der Waals surface area contributed by atoms with E-state index in [4.69, 9.17) is 0 Å². The Balaban J connectivity index is 1.68. The van der Waals surface area contributed by atoms with Crippen molar-refractivity contribution in [3.05, 3.63) is 83.2 Å². The Kier molecular flexibility index (Phi) is 5.81. The molecule has 1 amide bonds. The van der Waals surface area contributed by atoms with Crippen LogP contribution in [-0.4, -0.2) is 22.4 Å². The van der Waals surface area contributed by atoms with Crippen LogP contribution in [0, 0.1) is 13.8 Å². The fraction of sp³-hybridized carbons (Fsp3) is 0.227. The third-order valence-corrected chi connectivity index (χ3v) is 4.34. The normalized spacial score (nSPS) is 10.5. The van der Waals surface area contributed by atoms with E-state index in [0.717, 1.165) is 16.8 Å². The molecule has 3 rings (SSSR count). The van der Waals surface area contributed by atoms with Crippen molar-refractivity contribution in [3.63, 3.8) is 0 Å². The van der Waals surface area contributed by atoms with Gasteiger partial charge in [0.15, 0.2) is 0 Å². The highest BCUT2D eigenvalue weighted by Gasteiger charge is 2.17. The van der Waals surface area contributed by atoms with Gasteiger partial charge in [0.2, 0.25) is 5.95 Å². The Bertz CT molecular complexity index is 904. The molecular formula is C22H24N4O. The summed E-state index contributed by atoms with van der Waals surface area (Å²) in [5, 5.41) is 3.18. The van der Waals surface area contributed by atoms with Crippen LogP contribution in [0.25, 0.3) is 0 Å².